The smallest absolute Gasteiger partial charge is 0.269 e. The van der Waals surface area contributed by atoms with Gasteiger partial charge in [0.2, 0.25) is 5.91 Å². The van der Waals surface area contributed by atoms with Crippen LogP contribution in [-0.4, -0.2) is 38.4 Å². The zero-order valence-corrected chi connectivity index (χ0v) is 16.1. The number of carbonyl (C=O) groups is 3. The highest BCUT2D eigenvalue weighted by atomic mass is 19.1. The van der Waals surface area contributed by atoms with Crippen LogP contribution in [0.4, 0.5) is 14.5 Å². The van der Waals surface area contributed by atoms with Gasteiger partial charge in [0, 0.05) is 44.4 Å². The lowest BCUT2D eigenvalue weighted by Crippen LogP contribution is -2.41. The number of hydrogen-bond acceptors (Lipinski definition) is 4. The summed E-state index contributed by atoms with van der Waals surface area (Å²) in [6.45, 7) is 0.113. The molecule has 0 aliphatic rings. The molecule has 7 nitrogen and oxygen atoms in total. The van der Waals surface area contributed by atoms with Crippen LogP contribution in [0.5, 0.6) is 0 Å². The second-order valence-corrected chi connectivity index (χ2v) is 6.43. The van der Waals surface area contributed by atoms with E-state index in [1.54, 1.807) is 18.2 Å². The van der Waals surface area contributed by atoms with Gasteiger partial charge < -0.3 is 10.2 Å². The number of nitrogens with one attached hydrogen (secondary N) is 3. The molecule has 0 heterocycles. The molecule has 0 aliphatic heterocycles. The molecule has 0 fully saturated rings. The third-order valence-corrected chi connectivity index (χ3v) is 3.98. The predicted octanol–water partition coefficient (Wildman–Crippen LogP) is 2.00. The summed E-state index contributed by atoms with van der Waals surface area (Å²) < 4.78 is 26.4. The van der Waals surface area contributed by atoms with Crippen LogP contribution in [0.15, 0.2) is 42.5 Å². The third-order valence-electron chi connectivity index (χ3n) is 3.98. The van der Waals surface area contributed by atoms with Crippen LogP contribution in [0, 0.1) is 11.6 Å². The Morgan fingerprint density at radius 1 is 0.966 bits per heavy atom. The second-order valence-electron chi connectivity index (χ2n) is 6.43. The number of amides is 3. The minimum Gasteiger partial charge on any atom is -0.378 e. The summed E-state index contributed by atoms with van der Waals surface area (Å²) in [6.07, 6.45) is 0.302. The van der Waals surface area contributed by atoms with Crippen molar-refractivity contribution in [1.82, 2.24) is 16.2 Å². The standard InChI is InChI=1S/C20H22F2N4O3/c1-26(2)15-6-3-5-13(11-15)19(28)25-24-18(27)7-4-10-23-20(29)16-9-8-14(21)12-17(16)22/h3,5-6,8-9,11-12H,4,7,10H2,1-2H3,(H,23,29)(H,24,27)(H,25,28). The zero-order valence-electron chi connectivity index (χ0n) is 16.1. The lowest BCUT2D eigenvalue weighted by atomic mass is 10.2. The van der Waals surface area contributed by atoms with E-state index in [1.165, 1.54) is 0 Å². The van der Waals surface area contributed by atoms with Crippen molar-refractivity contribution >= 4 is 23.4 Å². The number of nitrogens with zero attached hydrogens (tertiary/aromatic N) is 1. The van der Waals surface area contributed by atoms with Crippen molar-refractivity contribution in [3.8, 4) is 0 Å². The van der Waals surface area contributed by atoms with E-state index in [0.29, 0.717) is 11.6 Å². The SMILES string of the molecule is CN(C)c1cccc(C(=O)NNC(=O)CCCNC(=O)c2ccc(F)cc2F)c1. The monoisotopic (exact) mass is 404 g/mol. The van der Waals surface area contributed by atoms with Gasteiger partial charge in [-0.25, -0.2) is 8.78 Å². The van der Waals surface area contributed by atoms with Crippen LogP contribution >= 0.6 is 0 Å². The van der Waals surface area contributed by atoms with Gasteiger partial charge in [-0.2, -0.15) is 0 Å². The number of rotatable bonds is 7. The van der Waals surface area contributed by atoms with Crippen molar-refractivity contribution in [1.29, 1.82) is 0 Å². The molecule has 2 aromatic rings. The normalized spacial score (nSPS) is 10.2. The van der Waals surface area contributed by atoms with Crippen LogP contribution in [-0.2, 0) is 4.79 Å². The molecule has 2 rings (SSSR count). The first-order valence-corrected chi connectivity index (χ1v) is 8.87. The highest BCUT2D eigenvalue weighted by Crippen LogP contribution is 2.13. The Bertz CT molecular complexity index is 903. The van der Waals surface area contributed by atoms with Crippen molar-refractivity contribution in [3.63, 3.8) is 0 Å². The van der Waals surface area contributed by atoms with Gasteiger partial charge in [0.05, 0.1) is 5.56 Å². The predicted molar refractivity (Wildman–Crippen MR) is 104 cm³/mol. The van der Waals surface area contributed by atoms with E-state index >= 15 is 0 Å². The molecule has 0 unspecified atom stereocenters. The van der Waals surface area contributed by atoms with Crippen molar-refractivity contribution in [2.45, 2.75) is 12.8 Å². The Labute approximate surface area is 167 Å². The van der Waals surface area contributed by atoms with Gasteiger partial charge in [-0.05, 0) is 36.8 Å². The molecule has 0 spiro atoms. The Morgan fingerprint density at radius 2 is 1.72 bits per heavy atom. The fraction of sp³-hybridized carbons (Fsp3) is 0.250. The molecule has 0 aliphatic carbocycles. The van der Waals surface area contributed by atoms with Crippen LogP contribution in [0.1, 0.15) is 33.6 Å². The number of hydrazine groups is 1. The van der Waals surface area contributed by atoms with E-state index in [1.807, 2.05) is 25.1 Å². The quantitative estimate of drug-likeness (QED) is 0.486. The lowest BCUT2D eigenvalue weighted by Gasteiger charge is -2.13. The summed E-state index contributed by atoms with van der Waals surface area (Å²) in [7, 11) is 3.70. The van der Waals surface area contributed by atoms with Crippen molar-refractivity contribution < 1.29 is 23.2 Å². The molecule has 3 amide bonds. The third kappa shape index (κ3) is 6.56. The number of hydrogen-bond donors (Lipinski definition) is 3. The number of halogens is 2. The Hall–Kier alpha value is -3.49. The highest BCUT2D eigenvalue weighted by Gasteiger charge is 2.12. The van der Waals surface area contributed by atoms with Gasteiger partial charge in [-0.1, -0.05) is 6.07 Å². The first kappa shape index (κ1) is 21.8. The minimum absolute atomic E-state index is 0.0319. The van der Waals surface area contributed by atoms with E-state index in [2.05, 4.69) is 16.2 Å². The molecule has 3 N–H and O–H groups in total. The van der Waals surface area contributed by atoms with Gasteiger partial charge in [-0.3, -0.25) is 25.2 Å². The Kier molecular flexibility index (Phi) is 7.64. The summed E-state index contributed by atoms with van der Waals surface area (Å²) in [5, 5.41) is 2.45. The maximum absolute atomic E-state index is 13.5. The van der Waals surface area contributed by atoms with E-state index < -0.39 is 29.4 Å². The Morgan fingerprint density at radius 3 is 2.41 bits per heavy atom. The van der Waals surface area contributed by atoms with Gasteiger partial charge in [0.1, 0.15) is 11.6 Å². The average molecular weight is 404 g/mol. The highest BCUT2D eigenvalue weighted by molar-refractivity contribution is 5.96. The molecule has 0 atom stereocenters. The molecule has 0 aromatic heterocycles. The molecule has 2 aromatic carbocycles. The second kappa shape index (κ2) is 10.2. The molecular weight excluding hydrogens is 382 g/mol. The van der Waals surface area contributed by atoms with Crippen LogP contribution < -0.4 is 21.1 Å². The summed E-state index contributed by atoms with van der Waals surface area (Å²) in [4.78, 5) is 37.6. The first-order chi connectivity index (χ1) is 13.8. The summed E-state index contributed by atoms with van der Waals surface area (Å²) in [5.41, 5.74) is 5.59. The lowest BCUT2D eigenvalue weighted by molar-refractivity contribution is -0.121. The van der Waals surface area contributed by atoms with Crippen molar-refractivity contribution in [3.05, 3.63) is 65.2 Å². The van der Waals surface area contributed by atoms with E-state index in [4.69, 9.17) is 0 Å². The maximum Gasteiger partial charge on any atom is 0.269 e. The summed E-state index contributed by atoms with van der Waals surface area (Å²) >= 11 is 0. The summed E-state index contributed by atoms with van der Waals surface area (Å²) in [6, 6.07) is 9.56. The van der Waals surface area contributed by atoms with Gasteiger partial charge in [-0.15, -0.1) is 0 Å². The van der Waals surface area contributed by atoms with E-state index in [9.17, 15) is 23.2 Å². The molecule has 9 heteroatoms. The molecule has 0 saturated carbocycles. The Balaban J connectivity index is 1.71. The van der Waals surface area contributed by atoms with E-state index in [-0.39, 0.29) is 24.9 Å². The molecule has 0 bridgehead atoms. The van der Waals surface area contributed by atoms with Crippen LogP contribution in [0.25, 0.3) is 0 Å². The molecule has 0 saturated heterocycles. The average Bonchev–Trinajstić information content (AvgIpc) is 2.69. The molecular formula is C20H22F2N4O3. The van der Waals surface area contributed by atoms with Gasteiger partial charge >= 0.3 is 0 Å². The first-order valence-electron chi connectivity index (χ1n) is 8.87. The van der Waals surface area contributed by atoms with Gasteiger partial charge in [0.25, 0.3) is 11.8 Å². The fourth-order valence-electron chi connectivity index (χ4n) is 2.41. The van der Waals surface area contributed by atoms with E-state index in [0.717, 1.165) is 17.8 Å². The van der Waals surface area contributed by atoms with Crippen LogP contribution in [0.3, 0.4) is 0 Å². The number of carbonyl (C=O) groups excluding carboxylic acids is 3. The van der Waals surface area contributed by atoms with Gasteiger partial charge in [0.15, 0.2) is 0 Å². The van der Waals surface area contributed by atoms with Crippen molar-refractivity contribution in [2.24, 2.45) is 0 Å². The fourth-order valence-corrected chi connectivity index (χ4v) is 2.41. The maximum atomic E-state index is 13.5. The largest absolute Gasteiger partial charge is 0.378 e. The number of benzene rings is 2. The molecule has 0 radical (unpaired) electrons. The minimum atomic E-state index is -0.957. The summed E-state index contributed by atoms with van der Waals surface area (Å²) in [5.74, 6) is -3.32. The zero-order chi connectivity index (χ0) is 21.4. The molecule has 154 valence electrons. The number of anilines is 1. The van der Waals surface area contributed by atoms with Crippen LogP contribution in [0.2, 0.25) is 0 Å². The van der Waals surface area contributed by atoms with Crippen molar-refractivity contribution in [2.75, 3.05) is 25.5 Å². The molecule has 29 heavy (non-hydrogen) atoms. The topological polar surface area (TPSA) is 90.5 Å².